The first-order valence-electron chi connectivity index (χ1n) is 6.42. The van der Waals surface area contributed by atoms with Crippen molar-refractivity contribution in [2.75, 3.05) is 23.7 Å². The van der Waals surface area contributed by atoms with Gasteiger partial charge in [-0.15, -0.1) is 0 Å². The van der Waals surface area contributed by atoms with Crippen LogP contribution in [0.3, 0.4) is 0 Å². The van der Waals surface area contributed by atoms with Gasteiger partial charge in [0.15, 0.2) is 0 Å². The van der Waals surface area contributed by atoms with Crippen LogP contribution in [0.25, 0.3) is 0 Å². The average molecular weight is 346 g/mol. The van der Waals surface area contributed by atoms with Crippen LogP contribution in [0.2, 0.25) is 0 Å². The van der Waals surface area contributed by atoms with E-state index in [9.17, 15) is 0 Å². The van der Waals surface area contributed by atoms with Crippen molar-refractivity contribution in [3.05, 3.63) is 21.8 Å². The molecule has 0 atom stereocenters. The summed E-state index contributed by atoms with van der Waals surface area (Å²) in [7, 11) is 0. The molecule has 17 heavy (non-hydrogen) atoms. The molecule has 0 aromatic heterocycles. The van der Waals surface area contributed by atoms with Gasteiger partial charge >= 0.3 is 0 Å². The molecule has 0 fully saturated rings. The largest absolute Gasteiger partial charge is 0.397 e. The van der Waals surface area contributed by atoms with Crippen LogP contribution in [-0.2, 0) is 0 Å². The van der Waals surface area contributed by atoms with Crippen molar-refractivity contribution >= 4 is 34.0 Å². The molecule has 0 aliphatic rings. The molecule has 0 unspecified atom stereocenters. The first kappa shape index (κ1) is 14.6. The van der Waals surface area contributed by atoms with Crippen LogP contribution in [0.15, 0.2) is 18.2 Å². The van der Waals surface area contributed by atoms with Crippen LogP contribution in [0.5, 0.6) is 0 Å². The lowest BCUT2D eigenvalue weighted by Gasteiger charge is -2.28. The minimum absolute atomic E-state index is 0.758. The summed E-state index contributed by atoms with van der Waals surface area (Å²) in [6.45, 7) is 8.84. The highest BCUT2D eigenvalue weighted by Crippen LogP contribution is 2.26. The fourth-order valence-electron chi connectivity index (χ4n) is 2.07. The van der Waals surface area contributed by atoms with Crippen molar-refractivity contribution in [2.24, 2.45) is 5.92 Å². The van der Waals surface area contributed by atoms with Crippen molar-refractivity contribution in [2.45, 2.75) is 33.6 Å². The zero-order valence-corrected chi connectivity index (χ0v) is 13.2. The van der Waals surface area contributed by atoms with E-state index in [1.807, 2.05) is 6.07 Å². The maximum atomic E-state index is 6.11. The lowest BCUT2D eigenvalue weighted by atomic mass is 10.0. The van der Waals surface area contributed by atoms with E-state index in [-0.39, 0.29) is 0 Å². The van der Waals surface area contributed by atoms with Gasteiger partial charge in [-0.2, -0.15) is 0 Å². The third kappa shape index (κ3) is 4.05. The monoisotopic (exact) mass is 346 g/mol. The summed E-state index contributed by atoms with van der Waals surface area (Å²) in [5, 5.41) is 0. The molecule has 1 rings (SSSR count). The molecule has 3 heteroatoms. The van der Waals surface area contributed by atoms with E-state index < -0.39 is 0 Å². The van der Waals surface area contributed by atoms with E-state index in [2.05, 4.69) is 60.4 Å². The van der Waals surface area contributed by atoms with E-state index >= 15 is 0 Å². The van der Waals surface area contributed by atoms with Crippen LogP contribution < -0.4 is 10.6 Å². The molecule has 1 aromatic carbocycles. The summed E-state index contributed by atoms with van der Waals surface area (Å²) < 4.78 is 1.20. The van der Waals surface area contributed by atoms with Gasteiger partial charge in [0.25, 0.3) is 0 Å². The third-order valence-corrected chi connectivity index (χ3v) is 4.02. The molecule has 1 aromatic rings. The van der Waals surface area contributed by atoms with Crippen LogP contribution in [0, 0.1) is 9.49 Å². The smallest absolute Gasteiger partial charge is 0.0600 e. The average Bonchev–Trinajstić information content (AvgIpc) is 2.32. The second-order valence-electron chi connectivity index (χ2n) is 4.42. The van der Waals surface area contributed by atoms with Crippen LogP contribution in [0.4, 0.5) is 11.4 Å². The van der Waals surface area contributed by atoms with E-state index in [4.69, 9.17) is 5.73 Å². The van der Waals surface area contributed by atoms with Crippen molar-refractivity contribution < 1.29 is 0 Å². The number of nitrogens with zero attached hydrogens (tertiary/aromatic N) is 1. The highest BCUT2D eigenvalue weighted by Gasteiger charge is 2.12. The molecule has 2 N–H and O–H groups in total. The maximum absolute atomic E-state index is 6.11. The topological polar surface area (TPSA) is 29.3 Å². The summed E-state index contributed by atoms with van der Waals surface area (Å²) in [5.41, 5.74) is 8.18. The molecule has 0 saturated carbocycles. The van der Waals surface area contributed by atoms with Crippen molar-refractivity contribution in [3.8, 4) is 0 Å². The summed E-state index contributed by atoms with van der Waals surface area (Å²) in [4.78, 5) is 2.39. The van der Waals surface area contributed by atoms with Crippen molar-refractivity contribution in [3.63, 3.8) is 0 Å². The molecule has 0 spiro atoms. The highest BCUT2D eigenvalue weighted by atomic mass is 127. The van der Waals surface area contributed by atoms with Crippen LogP contribution in [0.1, 0.15) is 33.6 Å². The molecule has 0 saturated heterocycles. The SMILES string of the molecule is CCC(CC)CN(CC)c1ccc(I)cc1N. The Bertz CT molecular complexity index is 348. The van der Waals surface area contributed by atoms with Gasteiger partial charge in [-0.05, 0) is 53.6 Å². The Morgan fingerprint density at radius 3 is 2.35 bits per heavy atom. The normalized spacial score (nSPS) is 10.9. The predicted molar refractivity (Wildman–Crippen MR) is 85.5 cm³/mol. The first-order chi connectivity index (χ1) is 8.12. The van der Waals surface area contributed by atoms with Crippen molar-refractivity contribution in [1.82, 2.24) is 0 Å². The quantitative estimate of drug-likeness (QED) is 0.620. The van der Waals surface area contributed by atoms with Crippen molar-refractivity contribution in [1.29, 1.82) is 0 Å². The van der Waals surface area contributed by atoms with E-state index in [1.54, 1.807) is 0 Å². The number of hydrogen-bond acceptors (Lipinski definition) is 2. The van der Waals surface area contributed by atoms with Crippen LogP contribution in [-0.4, -0.2) is 13.1 Å². The number of hydrogen-bond donors (Lipinski definition) is 1. The standard InChI is InChI=1S/C14H23IN2/c1-4-11(5-2)10-17(6-3)14-8-7-12(15)9-13(14)16/h7-9,11H,4-6,10,16H2,1-3H3. The van der Waals surface area contributed by atoms with Gasteiger partial charge in [0.05, 0.1) is 11.4 Å². The molecular formula is C14H23IN2. The molecule has 2 nitrogen and oxygen atoms in total. The Hall–Kier alpha value is -0.450. The second kappa shape index (κ2) is 7.09. The fourth-order valence-corrected chi connectivity index (χ4v) is 2.58. The number of halogens is 1. The van der Waals surface area contributed by atoms with E-state index in [0.29, 0.717) is 0 Å². The third-order valence-electron chi connectivity index (χ3n) is 3.35. The Balaban J connectivity index is 2.85. The number of nitrogens with two attached hydrogens (primary N) is 1. The molecule has 0 heterocycles. The van der Waals surface area contributed by atoms with Gasteiger partial charge in [-0.1, -0.05) is 26.7 Å². The van der Waals surface area contributed by atoms with Gasteiger partial charge < -0.3 is 10.6 Å². The maximum Gasteiger partial charge on any atom is 0.0600 e. The van der Waals surface area contributed by atoms with Gasteiger partial charge in [0, 0.05) is 16.7 Å². The zero-order chi connectivity index (χ0) is 12.8. The lowest BCUT2D eigenvalue weighted by molar-refractivity contribution is 0.486. The Kier molecular flexibility index (Phi) is 6.09. The summed E-state index contributed by atoms with van der Waals surface area (Å²) in [6.07, 6.45) is 2.47. The molecule has 0 amide bonds. The van der Waals surface area contributed by atoms with Gasteiger partial charge in [-0.25, -0.2) is 0 Å². The van der Waals surface area contributed by atoms with Gasteiger partial charge in [-0.3, -0.25) is 0 Å². The summed E-state index contributed by atoms with van der Waals surface area (Å²) >= 11 is 2.30. The first-order valence-corrected chi connectivity index (χ1v) is 7.50. The molecular weight excluding hydrogens is 323 g/mol. The summed E-state index contributed by atoms with van der Waals surface area (Å²) in [5.74, 6) is 0.758. The Morgan fingerprint density at radius 2 is 1.88 bits per heavy atom. The zero-order valence-electron chi connectivity index (χ0n) is 11.0. The van der Waals surface area contributed by atoms with Crippen LogP contribution >= 0.6 is 22.6 Å². The predicted octanol–water partition coefficient (Wildman–Crippen LogP) is 4.14. The molecule has 0 bridgehead atoms. The number of benzene rings is 1. The minimum Gasteiger partial charge on any atom is -0.397 e. The number of rotatable bonds is 6. The molecule has 0 aliphatic carbocycles. The molecule has 0 radical (unpaired) electrons. The van der Waals surface area contributed by atoms with Gasteiger partial charge in [0.1, 0.15) is 0 Å². The Morgan fingerprint density at radius 1 is 1.24 bits per heavy atom. The minimum atomic E-state index is 0.758. The van der Waals surface area contributed by atoms with Gasteiger partial charge in [0.2, 0.25) is 0 Å². The number of nitrogen functional groups attached to an aromatic ring is 1. The fraction of sp³-hybridized carbons (Fsp3) is 0.571. The summed E-state index contributed by atoms with van der Waals surface area (Å²) in [6, 6.07) is 6.32. The van der Waals surface area contributed by atoms with E-state index in [1.165, 1.54) is 22.1 Å². The second-order valence-corrected chi connectivity index (χ2v) is 5.67. The lowest BCUT2D eigenvalue weighted by Crippen LogP contribution is -2.29. The number of anilines is 2. The molecule has 96 valence electrons. The Labute approximate surface area is 119 Å². The highest BCUT2D eigenvalue weighted by molar-refractivity contribution is 14.1. The molecule has 0 aliphatic heterocycles. The van der Waals surface area contributed by atoms with E-state index in [0.717, 1.165) is 24.7 Å².